The number of nitroso groups, excluding NO2 is 1. The van der Waals surface area contributed by atoms with Crippen LogP contribution in [0.4, 0.5) is 4.79 Å². The van der Waals surface area contributed by atoms with Gasteiger partial charge in [0.25, 0.3) is 0 Å². The molecule has 0 radical (unpaired) electrons. The first kappa shape index (κ1) is 23.5. The summed E-state index contributed by atoms with van der Waals surface area (Å²) in [7, 11) is 0. The van der Waals surface area contributed by atoms with Crippen molar-refractivity contribution in [2.45, 2.75) is 44.2 Å². The zero-order chi connectivity index (χ0) is 21.1. The molecule has 2 unspecified atom stereocenters. The lowest BCUT2D eigenvalue weighted by Crippen LogP contribution is -2.81. The van der Waals surface area contributed by atoms with E-state index in [2.05, 4.69) is 10.6 Å². The first-order valence-electron chi connectivity index (χ1n) is 8.84. The second-order valence-corrected chi connectivity index (χ2v) is 6.82. The number of nitro groups is 2. The molecule has 1 aliphatic carbocycles. The first-order chi connectivity index (χ1) is 13.3. The summed E-state index contributed by atoms with van der Waals surface area (Å²) >= 11 is 5.45. The van der Waals surface area contributed by atoms with Crippen molar-refractivity contribution in [3.8, 4) is 0 Å². The van der Waals surface area contributed by atoms with Gasteiger partial charge in [0.1, 0.15) is 11.8 Å². The third-order valence-electron chi connectivity index (χ3n) is 4.47. The number of nitrogens with one attached hydrogen (secondary N) is 3. The number of hydrogen-bond acceptors (Lipinski definition) is 7. The molecule has 14 heteroatoms. The van der Waals surface area contributed by atoms with Gasteiger partial charge in [-0.15, -0.1) is 11.6 Å². The number of carbonyl (C=O) groups is 2. The normalized spacial score (nSPS) is 21.4. The van der Waals surface area contributed by atoms with Gasteiger partial charge in [-0.25, -0.2) is 4.79 Å². The monoisotopic (exact) mass is 423 g/mol. The van der Waals surface area contributed by atoms with E-state index in [0.717, 1.165) is 5.01 Å². The fourth-order valence-corrected chi connectivity index (χ4v) is 3.16. The van der Waals surface area contributed by atoms with Crippen molar-refractivity contribution >= 4 is 23.5 Å². The lowest BCUT2D eigenvalue weighted by Gasteiger charge is -2.25. The van der Waals surface area contributed by atoms with Crippen LogP contribution in [0, 0.1) is 31.1 Å². The molecule has 0 aliphatic heterocycles. The van der Waals surface area contributed by atoms with Crippen molar-refractivity contribution in [2.24, 2.45) is 5.92 Å². The van der Waals surface area contributed by atoms with E-state index in [9.17, 15) is 34.7 Å². The highest BCUT2D eigenvalue weighted by molar-refractivity contribution is 6.18. The molecule has 0 bridgehead atoms. The van der Waals surface area contributed by atoms with Crippen LogP contribution in [-0.4, -0.2) is 64.4 Å². The second-order valence-electron chi connectivity index (χ2n) is 6.44. The fourth-order valence-electron chi connectivity index (χ4n) is 2.99. The Kier molecular flexibility index (Phi) is 10.1. The van der Waals surface area contributed by atoms with E-state index >= 15 is 0 Å². The van der Waals surface area contributed by atoms with Crippen molar-refractivity contribution in [3.05, 3.63) is 25.1 Å². The number of rotatable bonds is 11. The van der Waals surface area contributed by atoms with Crippen LogP contribution in [-0.2, 0) is 4.79 Å². The zero-order valence-corrected chi connectivity index (χ0v) is 15.9. The van der Waals surface area contributed by atoms with Gasteiger partial charge >= 0.3 is 6.03 Å². The van der Waals surface area contributed by atoms with Gasteiger partial charge in [-0.1, -0.05) is 5.01 Å². The summed E-state index contributed by atoms with van der Waals surface area (Å²) in [4.78, 5) is 55.2. The van der Waals surface area contributed by atoms with Crippen LogP contribution in [0.15, 0.2) is 0 Å². The van der Waals surface area contributed by atoms with Gasteiger partial charge in [0.05, 0.1) is 12.3 Å². The maximum Gasteiger partial charge on any atom is 0.373 e. The average molecular weight is 424 g/mol. The van der Waals surface area contributed by atoms with Crippen LogP contribution in [0.25, 0.3) is 0 Å². The smallest absolute Gasteiger partial charge is 0.356 e. The van der Waals surface area contributed by atoms with Crippen LogP contribution in [0.2, 0.25) is 0 Å². The fraction of sp³-hybridized carbons (Fsp3) is 0.857. The molecule has 13 nitrogen and oxygen atoms in total. The molecule has 0 heterocycles. The van der Waals surface area contributed by atoms with Crippen molar-refractivity contribution in [2.75, 3.05) is 25.5 Å². The molecular formula is C14H24ClN6O7+. The van der Waals surface area contributed by atoms with Gasteiger partial charge < -0.3 is 10.6 Å². The Balaban J connectivity index is 2.32. The number of urea groups is 1. The number of nitrogens with zero attached hydrogens (tertiary/aromatic N) is 3. The van der Waals surface area contributed by atoms with E-state index < -0.39 is 39.8 Å². The van der Waals surface area contributed by atoms with E-state index in [1.807, 2.05) is 0 Å². The number of unbranched alkanes of at least 4 members (excludes halogenated alkanes) is 1. The SMILES string of the molecule is O=[NH+]N(CCCl)C(=O)NCCCCNC(=O)C1CC([N+](=O)[O-])CC([N+](=O)[O-])C1. The molecule has 1 rings (SSSR count). The average Bonchev–Trinajstić information content (AvgIpc) is 2.67. The second kappa shape index (κ2) is 12.0. The van der Waals surface area contributed by atoms with Crippen LogP contribution in [0.1, 0.15) is 32.1 Å². The summed E-state index contributed by atoms with van der Waals surface area (Å²) < 4.78 is 0. The Morgan fingerprint density at radius 1 is 1.04 bits per heavy atom. The quantitative estimate of drug-likeness (QED) is 0.165. The number of hydrogen-bond donors (Lipinski definition) is 3. The Bertz CT molecular complexity index is 571. The molecule has 1 saturated carbocycles. The minimum atomic E-state index is -1.10. The Hall–Kier alpha value is -2.57. The molecule has 0 aromatic heterocycles. The molecule has 3 N–H and O–H groups in total. The minimum Gasteiger partial charge on any atom is -0.356 e. The van der Waals surface area contributed by atoms with Gasteiger partial charge in [-0.3, -0.25) is 25.0 Å². The minimum absolute atomic E-state index is 0.0160. The lowest BCUT2D eigenvalue weighted by molar-refractivity contribution is -0.639. The largest absolute Gasteiger partial charge is 0.373 e. The first-order valence-corrected chi connectivity index (χ1v) is 9.37. The van der Waals surface area contributed by atoms with Gasteiger partial charge in [0.15, 0.2) is 0 Å². The molecule has 158 valence electrons. The van der Waals surface area contributed by atoms with Crippen molar-refractivity contribution < 1.29 is 24.7 Å². The summed E-state index contributed by atoms with van der Waals surface area (Å²) in [5.41, 5.74) is 0. The van der Waals surface area contributed by atoms with Crippen molar-refractivity contribution in [1.29, 1.82) is 0 Å². The molecule has 1 fully saturated rings. The van der Waals surface area contributed by atoms with Crippen LogP contribution >= 0.6 is 11.6 Å². The van der Waals surface area contributed by atoms with Gasteiger partial charge in [0, 0.05) is 46.6 Å². The number of carbonyl (C=O) groups excluding carboxylic acids is 2. The molecule has 0 aromatic carbocycles. The number of amides is 3. The van der Waals surface area contributed by atoms with Gasteiger partial charge in [-0.2, -0.15) is 0 Å². The van der Waals surface area contributed by atoms with Crippen LogP contribution < -0.4 is 15.9 Å². The predicted molar refractivity (Wildman–Crippen MR) is 96.3 cm³/mol. The van der Waals surface area contributed by atoms with Gasteiger partial charge in [-0.05, 0) is 12.8 Å². The summed E-state index contributed by atoms with van der Waals surface area (Å²) in [6.07, 6.45) is 0.827. The lowest BCUT2D eigenvalue weighted by atomic mass is 9.82. The Morgan fingerprint density at radius 2 is 1.57 bits per heavy atom. The van der Waals surface area contributed by atoms with Crippen LogP contribution in [0.3, 0.4) is 0 Å². The third kappa shape index (κ3) is 7.58. The molecular weight excluding hydrogens is 400 g/mol. The molecule has 3 amide bonds. The summed E-state index contributed by atoms with van der Waals surface area (Å²) in [6, 6.07) is -2.81. The van der Waals surface area contributed by atoms with Crippen LogP contribution in [0.5, 0.6) is 0 Å². The molecule has 0 spiro atoms. The highest BCUT2D eigenvalue weighted by atomic mass is 35.5. The Morgan fingerprint density at radius 3 is 2.04 bits per heavy atom. The highest BCUT2D eigenvalue weighted by Gasteiger charge is 2.43. The van der Waals surface area contributed by atoms with Crippen molar-refractivity contribution in [1.82, 2.24) is 15.6 Å². The van der Waals surface area contributed by atoms with E-state index in [0.29, 0.717) is 12.8 Å². The van der Waals surface area contributed by atoms with E-state index in [-0.39, 0.29) is 44.8 Å². The number of alkyl halides is 1. The van der Waals surface area contributed by atoms with Crippen molar-refractivity contribution in [3.63, 3.8) is 0 Å². The predicted octanol–water partition coefficient (Wildman–Crippen LogP) is -1.01. The highest BCUT2D eigenvalue weighted by Crippen LogP contribution is 2.28. The molecule has 2 atom stereocenters. The molecule has 0 saturated heterocycles. The summed E-state index contributed by atoms with van der Waals surface area (Å²) in [5.74, 6) is -1.11. The topological polar surface area (TPSA) is 179 Å². The standard InChI is InChI=1S/C14H23ClN6O7/c15-3-6-19(18-24)14(23)17-5-2-1-4-16-13(22)10-7-11(20(25)26)9-12(8-10)21(27)28/h10-12H,1-9H2,(H,16,22)(H,17,23)/p+1. The molecule has 1 aliphatic rings. The maximum atomic E-state index is 12.2. The van der Waals surface area contributed by atoms with E-state index in [1.165, 1.54) is 5.29 Å². The van der Waals surface area contributed by atoms with E-state index in [4.69, 9.17) is 11.6 Å². The number of halogens is 1. The molecule has 28 heavy (non-hydrogen) atoms. The zero-order valence-electron chi connectivity index (χ0n) is 15.2. The van der Waals surface area contributed by atoms with Gasteiger partial charge in [0.2, 0.25) is 18.0 Å². The molecule has 0 aromatic rings. The summed E-state index contributed by atoms with van der Waals surface area (Å²) in [6.45, 7) is 0.582. The maximum absolute atomic E-state index is 12.2. The Labute approximate surface area is 165 Å². The van der Waals surface area contributed by atoms with E-state index in [1.54, 1.807) is 0 Å². The number of hydrazine groups is 1. The summed E-state index contributed by atoms with van der Waals surface area (Å²) in [5, 5.41) is 29.3. The third-order valence-corrected chi connectivity index (χ3v) is 4.64.